The van der Waals surface area contributed by atoms with Gasteiger partial charge in [-0.3, -0.25) is 0 Å². The summed E-state index contributed by atoms with van der Waals surface area (Å²) in [5.41, 5.74) is 0. The summed E-state index contributed by atoms with van der Waals surface area (Å²) in [6, 6.07) is 0. The summed E-state index contributed by atoms with van der Waals surface area (Å²) in [4.78, 5) is 1.60. The molecular weight excluding hydrogens is 398 g/mol. The highest BCUT2D eigenvalue weighted by Gasteiger charge is 1.97. The van der Waals surface area contributed by atoms with E-state index in [0.717, 1.165) is 0 Å². The van der Waals surface area contributed by atoms with E-state index in [9.17, 15) is 0 Å². The Morgan fingerprint density at radius 2 is 0.516 bits per heavy atom. The molecule has 31 heavy (non-hydrogen) atoms. The molecule has 190 valence electrons. The minimum atomic E-state index is 0. The van der Waals surface area contributed by atoms with Crippen molar-refractivity contribution in [3.63, 3.8) is 0 Å². The molecule has 0 bridgehead atoms. The van der Waals surface area contributed by atoms with Crippen LogP contribution in [0.3, 0.4) is 0 Å². The third-order valence-corrected chi connectivity index (χ3v) is 6.78. The average Bonchev–Trinajstić information content (AvgIpc) is 2.73. The molecule has 0 atom stereocenters. The van der Waals surface area contributed by atoms with Gasteiger partial charge in [0.25, 0.3) is 0 Å². The zero-order valence-corrected chi connectivity index (χ0v) is 23.0. The van der Waals surface area contributed by atoms with Crippen molar-refractivity contribution in [3.05, 3.63) is 0 Å². The van der Waals surface area contributed by atoms with Crippen LogP contribution >= 0.6 is 0 Å². The lowest BCUT2D eigenvalue weighted by molar-refractivity contribution is -0.858. The van der Waals surface area contributed by atoms with Crippen molar-refractivity contribution >= 4 is 0 Å². The number of quaternary nitrogens is 1. The molecule has 0 saturated heterocycles. The predicted octanol–water partition coefficient (Wildman–Crippen LogP) is 5.91. The van der Waals surface area contributed by atoms with Gasteiger partial charge in [-0.1, -0.05) is 155 Å². The summed E-state index contributed by atoms with van der Waals surface area (Å²) in [6.45, 7) is 3.65. The van der Waals surface area contributed by atoms with Crippen LogP contribution in [-0.2, 0) is 0 Å². The quantitative estimate of drug-likeness (QED) is 0.153. The van der Waals surface area contributed by atoms with Gasteiger partial charge in [0.1, 0.15) is 0 Å². The second-order valence-electron chi connectivity index (χ2n) is 10.4. The second-order valence-corrected chi connectivity index (χ2v) is 10.4. The summed E-state index contributed by atoms with van der Waals surface area (Å²) in [6.07, 6.45) is 36.9. The molecule has 0 unspecified atom stereocenters. The predicted molar refractivity (Wildman–Crippen MR) is 139 cm³/mol. The van der Waals surface area contributed by atoms with E-state index in [1.54, 1.807) is 4.90 Å². The lowest BCUT2D eigenvalue weighted by Crippen LogP contribution is -3.05. The van der Waals surface area contributed by atoms with Crippen molar-refractivity contribution in [1.29, 1.82) is 0 Å². The third-order valence-electron chi connectivity index (χ3n) is 6.78. The van der Waals surface area contributed by atoms with E-state index in [-0.39, 0.29) is 12.4 Å². The molecule has 2 heteroatoms. The van der Waals surface area contributed by atoms with Gasteiger partial charge in [-0.15, -0.1) is 0 Å². The molecule has 0 aromatic carbocycles. The standard InChI is InChI=1S/C29H61N.ClH/c1-4-5-6-7-8-9-10-11-12-13-14-15-16-17-18-19-20-21-22-23-24-25-26-27-28-29-30(2)3;/h4-29H2,1-3H3;1H. The van der Waals surface area contributed by atoms with Crippen molar-refractivity contribution in [3.8, 4) is 0 Å². The Kier molecular flexibility index (Phi) is 32.6. The fourth-order valence-electron chi connectivity index (χ4n) is 4.62. The number of unbranched alkanes of at least 4 members (excludes halogenated alkanes) is 24. The van der Waals surface area contributed by atoms with Crippen LogP contribution in [0, 0.1) is 0 Å². The molecule has 1 nitrogen and oxygen atoms in total. The first-order valence-corrected chi connectivity index (χ1v) is 14.6. The Morgan fingerprint density at radius 3 is 0.710 bits per heavy atom. The first-order chi connectivity index (χ1) is 14.8. The minimum Gasteiger partial charge on any atom is -1.00 e. The molecule has 0 saturated carbocycles. The SMILES string of the molecule is CCCCCCCCCCCCCCCCCCCCCCCCCCC[NH+](C)C.[Cl-]. The van der Waals surface area contributed by atoms with Crippen LogP contribution in [0.2, 0.25) is 0 Å². The Morgan fingerprint density at radius 1 is 0.323 bits per heavy atom. The maximum absolute atomic E-state index is 2.30. The van der Waals surface area contributed by atoms with Crippen LogP contribution < -0.4 is 17.3 Å². The van der Waals surface area contributed by atoms with Crippen LogP contribution in [0.1, 0.15) is 167 Å². The number of halogens is 1. The normalized spacial score (nSPS) is 11.2. The molecule has 0 aromatic heterocycles. The third kappa shape index (κ3) is 32.5. The van der Waals surface area contributed by atoms with E-state index in [1.807, 2.05) is 0 Å². The first kappa shape index (κ1) is 33.4. The van der Waals surface area contributed by atoms with Crippen LogP contribution in [0.4, 0.5) is 0 Å². The van der Waals surface area contributed by atoms with E-state index in [1.165, 1.54) is 167 Å². The van der Waals surface area contributed by atoms with Gasteiger partial charge in [-0.2, -0.15) is 0 Å². The molecule has 0 spiro atoms. The number of rotatable bonds is 26. The second kappa shape index (κ2) is 30.2. The van der Waals surface area contributed by atoms with Gasteiger partial charge in [0.05, 0.1) is 20.6 Å². The van der Waals surface area contributed by atoms with Crippen molar-refractivity contribution in [2.24, 2.45) is 0 Å². The average molecular weight is 460 g/mol. The minimum absolute atomic E-state index is 0. The molecule has 0 rings (SSSR count). The highest BCUT2D eigenvalue weighted by atomic mass is 35.5. The Labute approximate surface area is 205 Å². The summed E-state index contributed by atoms with van der Waals surface area (Å²) in [7, 11) is 4.53. The van der Waals surface area contributed by atoms with E-state index >= 15 is 0 Å². The monoisotopic (exact) mass is 459 g/mol. The van der Waals surface area contributed by atoms with Gasteiger partial charge in [0, 0.05) is 0 Å². The maximum atomic E-state index is 2.30. The summed E-state index contributed by atoms with van der Waals surface area (Å²) in [5.74, 6) is 0. The number of hydrogen-bond donors (Lipinski definition) is 1. The number of nitrogens with one attached hydrogen (secondary N) is 1. The van der Waals surface area contributed by atoms with Gasteiger partial charge < -0.3 is 17.3 Å². The Hall–Kier alpha value is 0.250. The van der Waals surface area contributed by atoms with E-state index < -0.39 is 0 Å². The first-order valence-electron chi connectivity index (χ1n) is 14.6. The molecule has 0 aliphatic heterocycles. The fourth-order valence-corrected chi connectivity index (χ4v) is 4.62. The lowest BCUT2D eigenvalue weighted by atomic mass is 10.0. The molecule has 0 aliphatic rings. The molecule has 0 aliphatic carbocycles. The Bertz CT molecular complexity index is 292. The van der Waals surface area contributed by atoms with Gasteiger partial charge in [0.15, 0.2) is 0 Å². The molecule has 0 amide bonds. The van der Waals surface area contributed by atoms with E-state index in [4.69, 9.17) is 0 Å². The van der Waals surface area contributed by atoms with Crippen molar-refractivity contribution in [2.45, 2.75) is 167 Å². The zero-order chi connectivity index (χ0) is 22.0. The van der Waals surface area contributed by atoms with Crippen molar-refractivity contribution in [2.75, 3.05) is 20.6 Å². The molecular formula is C29H62ClN. The summed E-state index contributed by atoms with van der Waals surface area (Å²) >= 11 is 0. The Balaban J connectivity index is 0. The largest absolute Gasteiger partial charge is 1.00 e. The maximum Gasteiger partial charge on any atom is 0.0766 e. The van der Waals surface area contributed by atoms with Crippen molar-refractivity contribution < 1.29 is 17.3 Å². The van der Waals surface area contributed by atoms with Gasteiger partial charge >= 0.3 is 0 Å². The molecule has 0 radical (unpaired) electrons. The van der Waals surface area contributed by atoms with Gasteiger partial charge in [0.2, 0.25) is 0 Å². The molecule has 1 N–H and O–H groups in total. The molecule has 0 fully saturated rings. The van der Waals surface area contributed by atoms with Crippen LogP contribution in [0.15, 0.2) is 0 Å². The molecule has 0 heterocycles. The molecule has 0 aromatic rings. The van der Waals surface area contributed by atoms with Crippen LogP contribution in [0.5, 0.6) is 0 Å². The zero-order valence-electron chi connectivity index (χ0n) is 22.3. The van der Waals surface area contributed by atoms with Gasteiger partial charge in [-0.05, 0) is 12.8 Å². The summed E-state index contributed by atoms with van der Waals surface area (Å²) in [5, 5.41) is 0. The van der Waals surface area contributed by atoms with Crippen molar-refractivity contribution in [1.82, 2.24) is 0 Å². The van der Waals surface area contributed by atoms with E-state index in [2.05, 4.69) is 21.0 Å². The fraction of sp³-hybridized carbons (Fsp3) is 1.00. The smallest absolute Gasteiger partial charge is 0.0766 e. The van der Waals surface area contributed by atoms with E-state index in [0.29, 0.717) is 0 Å². The highest BCUT2D eigenvalue weighted by molar-refractivity contribution is 4.51. The topological polar surface area (TPSA) is 4.44 Å². The number of hydrogen-bond acceptors (Lipinski definition) is 0. The van der Waals surface area contributed by atoms with Crippen LogP contribution in [0.25, 0.3) is 0 Å². The highest BCUT2D eigenvalue weighted by Crippen LogP contribution is 2.15. The summed E-state index contributed by atoms with van der Waals surface area (Å²) < 4.78 is 0. The van der Waals surface area contributed by atoms with Gasteiger partial charge in [-0.25, -0.2) is 0 Å². The lowest BCUT2D eigenvalue weighted by Gasteiger charge is -2.06. The van der Waals surface area contributed by atoms with Crippen LogP contribution in [-0.4, -0.2) is 20.6 Å².